The molecule has 8 nitrogen and oxygen atoms in total. The highest BCUT2D eigenvalue weighted by Crippen LogP contribution is 2.24. The summed E-state index contributed by atoms with van der Waals surface area (Å²) in [6, 6.07) is 4.50. The molecule has 0 saturated carbocycles. The predicted octanol–water partition coefficient (Wildman–Crippen LogP) is 2.64. The fourth-order valence-electron chi connectivity index (χ4n) is 1.88. The van der Waals surface area contributed by atoms with Crippen molar-refractivity contribution >= 4 is 17.4 Å². The predicted molar refractivity (Wildman–Crippen MR) is 75.4 cm³/mol. The number of hydrogen-bond donors (Lipinski definition) is 1. The van der Waals surface area contributed by atoms with Gasteiger partial charge in [-0.05, 0) is 29.2 Å². The first-order valence-electron chi connectivity index (χ1n) is 6.48. The van der Waals surface area contributed by atoms with Crippen LogP contribution in [-0.4, -0.2) is 26.7 Å². The van der Waals surface area contributed by atoms with E-state index in [0.717, 1.165) is 22.9 Å². The summed E-state index contributed by atoms with van der Waals surface area (Å²) in [5.74, 6) is -1.08. The number of halogens is 3. The molecule has 0 aliphatic carbocycles. The molecule has 0 spiro atoms. The second-order valence-electron chi connectivity index (χ2n) is 4.63. The van der Waals surface area contributed by atoms with Crippen LogP contribution in [0.4, 0.5) is 24.7 Å². The van der Waals surface area contributed by atoms with Crippen LogP contribution in [0.2, 0.25) is 0 Å². The molecule has 128 valence electrons. The quantitative estimate of drug-likeness (QED) is 0.664. The average Bonchev–Trinajstić information content (AvgIpc) is 2.81. The van der Waals surface area contributed by atoms with Crippen LogP contribution in [-0.2, 0) is 11.3 Å². The number of alkyl halides is 3. The van der Waals surface area contributed by atoms with E-state index in [2.05, 4.69) is 15.0 Å². The lowest BCUT2D eigenvalue weighted by molar-refractivity contribution is -0.392. The highest BCUT2D eigenvalue weighted by molar-refractivity contribution is 5.90. The Morgan fingerprint density at radius 3 is 2.54 bits per heavy atom. The number of carbonyl (C=O) groups excluding carboxylic acids is 1. The van der Waals surface area contributed by atoms with Gasteiger partial charge in [-0.2, -0.15) is 0 Å². The summed E-state index contributed by atoms with van der Waals surface area (Å²) >= 11 is 0. The zero-order chi connectivity index (χ0) is 17.9. The fraction of sp³-hybridized carbons (Fsp3) is 0.231. The second-order valence-corrected chi connectivity index (χ2v) is 4.63. The molecule has 24 heavy (non-hydrogen) atoms. The molecule has 0 aliphatic heterocycles. The Bertz CT molecular complexity index is 756. The summed E-state index contributed by atoms with van der Waals surface area (Å²) in [4.78, 5) is 25.9. The van der Waals surface area contributed by atoms with E-state index in [4.69, 9.17) is 0 Å². The zero-order valence-corrected chi connectivity index (χ0v) is 12.2. The summed E-state index contributed by atoms with van der Waals surface area (Å²) in [6.45, 7) is 1.15. The van der Waals surface area contributed by atoms with Crippen LogP contribution in [0.3, 0.4) is 0 Å². The monoisotopic (exact) mass is 344 g/mol. The van der Waals surface area contributed by atoms with E-state index in [1.54, 1.807) is 0 Å². The summed E-state index contributed by atoms with van der Waals surface area (Å²) in [5, 5.41) is 13.3. The second kappa shape index (κ2) is 6.56. The van der Waals surface area contributed by atoms with Crippen molar-refractivity contribution in [3.63, 3.8) is 0 Å². The fourth-order valence-corrected chi connectivity index (χ4v) is 1.88. The third kappa shape index (κ3) is 4.44. The van der Waals surface area contributed by atoms with E-state index >= 15 is 0 Å². The molecule has 0 bridgehead atoms. The number of rotatable bonds is 5. The Balaban J connectivity index is 2.03. The summed E-state index contributed by atoms with van der Waals surface area (Å²) in [6.07, 6.45) is -3.77. The average molecular weight is 344 g/mol. The number of anilines is 1. The molecule has 0 unspecified atom stereocenters. The summed E-state index contributed by atoms with van der Waals surface area (Å²) in [5.41, 5.74) is 0.218. The third-order valence-corrected chi connectivity index (χ3v) is 2.89. The van der Waals surface area contributed by atoms with Gasteiger partial charge in [-0.15, -0.1) is 13.2 Å². The van der Waals surface area contributed by atoms with Gasteiger partial charge in [0.25, 0.3) is 5.91 Å². The smallest absolute Gasteiger partial charge is 0.406 e. The van der Waals surface area contributed by atoms with Gasteiger partial charge in [-0.1, -0.05) is 0 Å². The van der Waals surface area contributed by atoms with E-state index in [1.165, 1.54) is 19.1 Å². The van der Waals surface area contributed by atoms with Crippen molar-refractivity contribution in [1.29, 1.82) is 0 Å². The molecular formula is C13H11F3N4O4. The van der Waals surface area contributed by atoms with Gasteiger partial charge < -0.3 is 20.2 Å². The number of benzene rings is 1. The number of nitro groups is 1. The van der Waals surface area contributed by atoms with Crippen molar-refractivity contribution in [2.45, 2.75) is 19.8 Å². The summed E-state index contributed by atoms with van der Waals surface area (Å²) in [7, 11) is 0. The lowest BCUT2D eigenvalue weighted by Crippen LogP contribution is -2.20. The number of carbonyl (C=O) groups is 1. The lowest BCUT2D eigenvalue weighted by atomic mass is 10.3. The number of nitrogens with one attached hydrogen (secondary N) is 1. The minimum Gasteiger partial charge on any atom is -0.406 e. The van der Waals surface area contributed by atoms with Gasteiger partial charge in [-0.25, -0.2) is 9.55 Å². The first kappa shape index (κ1) is 17.2. The normalized spacial score (nSPS) is 11.2. The minimum absolute atomic E-state index is 0.218. The van der Waals surface area contributed by atoms with E-state index < -0.39 is 22.9 Å². The highest BCUT2D eigenvalue weighted by Gasteiger charge is 2.31. The van der Waals surface area contributed by atoms with Gasteiger partial charge in [0.15, 0.2) is 12.4 Å². The number of ether oxygens (including phenoxy) is 1. The lowest BCUT2D eigenvalue weighted by Gasteiger charge is -2.10. The van der Waals surface area contributed by atoms with Crippen LogP contribution in [0.1, 0.15) is 5.82 Å². The number of aryl methyl sites for hydroxylation is 1. The molecule has 1 aromatic heterocycles. The molecule has 2 aromatic rings. The molecule has 0 aliphatic rings. The molecule has 0 fully saturated rings. The van der Waals surface area contributed by atoms with Gasteiger partial charge in [-0.3, -0.25) is 4.79 Å². The molecule has 2 rings (SSSR count). The third-order valence-electron chi connectivity index (χ3n) is 2.89. The van der Waals surface area contributed by atoms with Crippen molar-refractivity contribution in [3.8, 4) is 5.75 Å². The Kier molecular flexibility index (Phi) is 4.71. The minimum atomic E-state index is -4.80. The van der Waals surface area contributed by atoms with Crippen molar-refractivity contribution < 1.29 is 27.6 Å². The van der Waals surface area contributed by atoms with Gasteiger partial charge >= 0.3 is 12.2 Å². The van der Waals surface area contributed by atoms with Crippen LogP contribution in [0.25, 0.3) is 0 Å². The molecule has 1 heterocycles. The number of hydrogen-bond acceptors (Lipinski definition) is 5. The highest BCUT2D eigenvalue weighted by atomic mass is 19.4. The Morgan fingerprint density at radius 1 is 1.38 bits per heavy atom. The number of nitrogens with zero attached hydrogens (tertiary/aromatic N) is 3. The molecule has 0 radical (unpaired) electrons. The van der Waals surface area contributed by atoms with Crippen LogP contribution in [0.15, 0.2) is 30.5 Å². The van der Waals surface area contributed by atoms with Gasteiger partial charge in [0, 0.05) is 12.6 Å². The standard InChI is InChI=1S/C13H11F3N4O4/c1-8-17-6-12(20(22)23)19(8)7-11(21)18-9-2-4-10(5-3-9)24-13(14,15)16/h2-6H,7H2,1H3,(H,18,21). The van der Waals surface area contributed by atoms with Crippen LogP contribution < -0.4 is 10.1 Å². The van der Waals surface area contributed by atoms with Crippen molar-refractivity contribution in [2.75, 3.05) is 5.32 Å². The molecule has 1 N–H and O–H groups in total. The molecule has 0 atom stereocenters. The largest absolute Gasteiger partial charge is 0.573 e. The molecule has 1 amide bonds. The molecule has 1 aromatic carbocycles. The zero-order valence-electron chi connectivity index (χ0n) is 12.2. The SMILES string of the molecule is Cc1ncc([N+](=O)[O-])n1CC(=O)Nc1ccc(OC(F)(F)F)cc1. The first-order valence-corrected chi connectivity index (χ1v) is 6.48. The number of aromatic nitrogens is 2. The van der Waals surface area contributed by atoms with Crippen molar-refractivity contribution in [3.05, 3.63) is 46.4 Å². The number of imidazole rings is 1. The number of amides is 1. The Labute approximate surface area is 133 Å². The van der Waals surface area contributed by atoms with Gasteiger partial charge in [0.1, 0.15) is 11.9 Å². The van der Waals surface area contributed by atoms with E-state index in [-0.39, 0.29) is 23.9 Å². The maximum atomic E-state index is 12.0. The van der Waals surface area contributed by atoms with E-state index in [9.17, 15) is 28.1 Å². The van der Waals surface area contributed by atoms with Gasteiger partial charge in [0.2, 0.25) is 0 Å². The van der Waals surface area contributed by atoms with Crippen LogP contribution in [0.5, 0.6) is 5.75 Å². The maximum absolute atomic E-state index is 12.0. The van der Waals surface area contributed by atoms with Crippen LogP contribution in [0, 0.1) is 17.0 Å². The van der Waals surface area contributed by atoms with E-state index in [0.29, 0.717) is 0 Å². The van der Waals surface area contributed by atoms with E-state index in [1.807, 2.05) is 0 Å². The first-order chi connectivity index (χ1) is 11.2. The maximum Gasteiger partial charge on any atom is 0.573 e. The Morgan fingerprint density at radius 2 is 2.00 bits per heavy atom. The molecular weight excluding hydrogens is 333 g/mol. The molecule has 11 heteroatoms. The van der Waals surface area contributed by atoms with Crippen molar-refractivity contribution in [1.82, 2.24) is 9.55 Å². The van der Waals surface area contributed by atoms with Gasteiger partial charge in [0.05, 0.1) is 0 Å². The topological polar surface area (TPSA) is 99.3 Å². The van der Waals surface area contributed by atoms with Crippen LogP contribution >= 0.6 is 0 Å². The summed E-state index contributed by atoms with van der Waals surface area (Å²) < 4.78 is 41.0. The molecule has 0 saturated heterocycles. The van der Waals surface area contributed by atoms with Crippen molar-refractivity contribution in [2.24, 2.45) is 0 Å². The Hall–Kier alpha value is -3.11.